The van der Waals surface area contributed by atoms with Gasteiger partial charge in [0, 0.05) is 0 Å². The summed E-state index contributed by atoms with van der Waals surface area (Å²) in [5.41, 5.74) is 1.10. The van der Waals surface area contributed by atoms with Crippen LogP contribution in [0.4, 0.5) is 0 Å². The Bertz CT molecular complexity index is 521. The van der Waals surface area contributed by atoms with E-state index in [2.05, 4.69) is 9.97 Å². The predicted octanol–water partition coefficient (Wildman–Crippen LogP) is 2.59. The van der Waals surface area contributed by atoms with Crippen LogP contribution in [0, 0.1) is 6.92 Å². The van der Waals surface area contributed by atoms with Crippen LogP contribution >= 0.6 is 0 Å². The van der Waals surface area contributed by atoms with Gasteiger partial charge < -0.3 is 14.2 Å². The number of aryl methyl sites for hydroxylation is 1. The van der Waals surface area contributed by atoms with Gasteiger partial charge in [0.1, 0.15) is 5.75 Å². The highest BCUT2D eigenvalue weighted by molar-refractivity contribution is 5.31. The van der Waals surface area contributed by atoms with Crippen LogP contribution in [0.1, 0.15) is 5.56 Å². The van der Waals surface area contributed by atoms with Gasteiger partial charge in [-0.15, -0.1) is 0 Å². The van der Waals surface area contributed by atoms with E-state index in [0.29, 0.717) is 17.5 Å². The highest BCUT2D eigenvalue weighted by Gasteiger charge is 2.07. The van der Waals surface area contributed by atoms with Crippen LogP contribution in [0.2, 0.25) is 0 Å². The summed E-state index contributed by atoms with van der Waals surface area (Å²) < 4.78 is 15.7. The number of nitrogens with zero attached hydrogens (tertiary/aromatic N) is 2. The Kier molecular flexibility index (Phi) is 3.62. The van der Waals surface area contributed by atoms with Crippen molar-refractivity contribution in [1.29, 1.82) is 0 Å². The molecule has 0 radical (unpaired) electrons. The van der Waals surface area contributed by atoms with Crippen molar-refractivity contribution in [2.45, 2.75) is 6.92 Å². The fourth-order valence-electron chi connectivity index (χ4n) is 1.42. The van der Waals surface area contributed by atoms with Crippen LogP contribution in [0.3, 0.4) is 0 Å². The molecule has 1 aromatic carbocycles. The van der Waals surface area contributed by atoms with Crippen molar-refractivity contribution in [3.63, 3.8) is 0 Å². The van der Waals surface area contributed by atoms with Gasteiger partial charge in [0.25, 0.3) is 0 Å². The number of aromatic nitrogens is 2. The molecule has 0 saturated carbocycles. The molecule has 2 rings (SSSR count). The lowest BCUT2D eigenvalue weighted by Gasteiger charge is -2.07. The normalized spacial score (nSPS) is 9.94. The largest absolute Gasteiger partial charge is 0.481 e. The molecular formula is C13H14N2O3. The molecule has 0 spiro atoms. The maximum Gasteiger partial charge on any atom is 0.328 e. The van der Waals surface area contributed by atoms with E-state index >= 15 is 0 Å². The molecule has 0 N–H and O–H groups in total. The van der Waals surface area contributed by atoms with Gasteiger partial charge in [0.05, 0.1) is 20.3 Å². The highest BCUT2D eigenvalue weighted by atomic mass is 16.5. The van der Waals surface area contributed by atoms with Crippen LogP contribution in [0.5, 0.6) is 23.5 Å². The van der Waals surface area contributed by atoms with Gasteiger partial charge in [-0.05, 0) is 24.6 Å². The second-order valence-corrected chi connectivity index (χ2v) is 3.65. The van der Waals surface area contributed by atoms with Gasteiger partial charge in [-0.3, -0.25) is 0 Å². The van der Waals surface area contributed by atoms with Crippen molar-refractivity contribution in [1.82, 2.24) is 9.97 Å². The van der Waals surface area contributed by atoms with Crippen LogP contribution in [-0.2, 0) is 0 Å². The Labute approximate surface area is 105 Å². The first-order valence-electron chi connectivity index (χ1n) is 5.43. The number of methoxy groups -OCH3 is 2. The molecule has 0 aliphatic carbocycles. The standard InChI is InChI=1S/C13H14N2O3/c1-9-5-4-6-10(7-9)18-13-14-11(16-2)8-12(15-13)17-3/h4-8H,1-3H3. The van der Waals surface area contributed by atoms with Gasteiger partial charge in [-0.1, -0.05) is 12.1 Å². The molecule has 94 valence electrons. The van der Waals surface area contributed by atoms with Crippen LogP contribution < -0.4 is 14.2 Å². The molecule has 5 nitrogen and oxygen atoms in total. The molecule has 0 atom stereocenters. The second-order valence-electron chi connectivity index (χ2n) is 3.65. The average Bonchev–Trinajstić information content (AvgIpc) is 2.38. The first-order chi connectivity index (χ1) is 8.71. The predicted molar refractivity (Wildman–Crippen MR) is 66.4 cm³/mol. The van der Waals surface area contributed by atoms with E-state index in [1.54, 1.807) is 6.07 Å². The fraction of sp³-hybridized carbons (Fsp3) is 0.231. The minimum absolute atomic E-state index is 0.191. The van der Waals surface area contributed by atoms with Crippen LogP contribution in [0.25, 0.3) is 0 Å². The van der Waals surface area contributed by atoms with E-state index < -0.39 is 0 Å². The van der Waals surface area contributed by atoms with Gasteiger partial charge >= 0.3 is 6.01 Å². The van der Waals surface area contributed by atoms with Crippen molar-refractivity contribution in [2.75, 3.05) is 14.2 Å². The van der Waals surface area contributed by atoms with Crippen molar-refractivity contribution < 1.29 is 14.2 Å². The molecule has 0 saturated heterocycles. The Hall–Kier alpha value is -2.30. The molecule has 0 bridgehead atoms. The molecule has 0 aliphatic rings. The monoisotopic (exact) mass is 246 g/mol. The summed E-state index contributed by atoms with van der Waals surface area (Å²) in [5, 5.41) is 0. The first kappa shape index (κ1) is 12.2. The number of hydrogen-bond donors (Lipinski definition) is 0. The molecule has 0 unspecified atom stereocenters. The SMILES string of the molecule is COc1cc(OC)nc(Oc2cccc(C)c2)n1. The quantitative estimate of drug-likeness (QED) is 0.830. The summed E-state index contributed by atoms with van der Waals surface area (Å²) >= 11 is 0. The third kappa shape index (κ3) is 2.88. The molecular weight excluding hydrogens is 232 g/mol. The number of hydrogen-bond acceptors (Lipinski definition) is 5. The van der Waals surface area contributed by atoms with E-state index in [1.807, 2.05) is 31.2 Å². The van der Waals surface area contributed by atoms with E-state index in [1.165, 1.54) is 14.2 Å². The first-order valence-corrected chi connectivity index (χ1v) is 5.43. The molecule has 1 heterocycles. The lowest BCUT2D eigenvalue weighted by atomic mass is 10.2. The third-order valence-corrected chi connectivity index (χ3v) is 2.28. The number of ether oxygens (including phenoxy) is 3. The van der Waals surface area contributed by atoms with E-state index in [-0.39, 0.29) is 6.01 Å². The summed E-state index contributed by atoms with van der Waals surface area (Å²) in [6, 6.07) is 9.40. The topological polar surface area (TPSA) is 53.5 Å². The van der Waals surface area contributed by atoms with Gasteiger partial charge in [-0.25, -0.2) is 0 Å². The molecule has 0 amide bonds. The van der Waals surface area contributed by atoms with E-state index in [9.17, 15) is 0 Å². The summed E-state index contributed by atoms with van der Waals surface area (Å²) in [5.74, 6) is 1.46. The van der Waals surface area contributed by atoms with Crippen molar-refractivity contribution in [3.05, 3.63) is 35.9 Å². The highest BCUT2D eigenvalue weighted by Crippen LogP contribution is 2.23. The summed E-state index contributed by atoms with van der Waals surface area (Å²) in [6.45, 7) is 1.99. The molecule has 5 heteroatoms. The van der Waals surface area contributed by atoms with E-state index in [0.717, 1.165) is 5.56 Å². The second kappa shape index (κ2) is 5.35. The maximum absolute atomic E-state index is 5.56. The average molecular weight is 246 g/mol. The van der Waals surface area contributed by atoms with E-state index in [4.69, 9.17) is 14.2 Å². The Morgan fingerprint density at radius 3 is 2.17 bits per heavy atom. The molecule has 0 aliphatic heterocycles. The minimum Gasteiger partial charge on any atom is -0.481 e. The number of rotatable bonds is 4. The molecule has 0 fully saturated rings. The molecule has 1 aromatic heterocycles. The van der Waals surface area contributed by atoms with Crippen LogP contribution in [0.15, 0.2) is 30.3 Å². The van der Waals surface area contributed by atoms with Crippen molar-refractivity contribution in [3.8, 4) is 23.5 Å². The van der Waals surface area contributed by atoms with Gasteiger partial charge in [-0.2, -0.15) is 9.97 Å². The molecule has 18 heavy (non-hydrogen) atoms. The zero-order valence-corrected chi connectivity index (χ0v) is 10.5. The van der Waals surface area contributed by atoms with Gasteiger partial charge in [0.15, 0.2) is 0 Å². The van der Waals surface area contributed by atoms with Crippen molar-refractivity contribution >= 4 is 0 Å². The van der Waals surface area contributed by atoms with Crippen molar-refractivity contribution in [2.24, 2.45) is 0 Å². The summed E-state index contributed by atoms with van der Waals surface area (Å²) in [6.07, 6.45) is 0. The Morgan fingerprint density at radius 1 is 0.944 bits per heavy atom. The van der Waals surface area contributed by atoms with Gasteiger partial charge in [0.2, 0.25) is 11.8 Å². The summed E-state index contributed by atoms with van der Waals surface area (Å²) in [4.78, 5) is 8.18. The maximum atomic E-state index is 5.56. The fourth-order valence-corrected chi connectivity index (χ4v) is 1.42. The zero-order chi connectivity index (χ0) is 13.0. The van der Waals surface area contributed by atoms with Crippen LogP contribution in [-0.4, -0.2) is 24.2 Å². The zero-order valence-electron chi connectivity index (χ0n) is 10.5. The lowest BCUT2D eigenvalue weighted by Crippen LogP contribution is -1.97. The molecule has 2 aromatic rings. The summed E-state index contributed by atoms with van der Waals surface area (Å²) in [7, 11) is 3.05. The number of benzene rings is 1. The minimum atomic E-state index is 0.191. The third-order valence-electron chi connectivity index (χ3n) is 2.28. The smallest absolute Gasteiger partial charge is 0.328 e. The Balaban J connectivity index is 2.28. The lowest BCUT2D eigenvalue weighted by molar-refractivity contribution is 0.348. The Morgan fingerprint density at radius 2 is 1.61 bits per heavy atom.